The largest absolute Gasteiger partial charge is 0.793 e. The fourth-order valence-corrected chi connectivity index (χ4v) is 3.32. The molecule has 9 heteroatoms. The van der Waals surface area contributed by atoms with E-state index in [0.717, 1.165) is 18.2 Å². The summed E-state index contributed by atoms with van der Waals surface area (Å²) in [5.74, 6) is 1.02. The Morgan fingerprint density at radius 1 is 1.21 bits per heavy atom. The van der Waals surface area contributed by atoms with Crippen LogP contribution in [-0.2, 0) is 65.7 Å². The molecule has 2 N–H and O–H groups in total. The minimum Gasteiger partial charge on any atom is -0.793 e. The molecule has 0 fully saturated rings. The number of carbonyl (C=O) groups excluding carboxylic acids is 1. The van der Waals surface area contributed by atoms with Gasteiger partial charge in [-0.3, -0.25) is 4.79 Å². The number of nitrogens with two attached hydrogens (primary N) is 1. The summed E-state index contributed by atoms with van der Waals surface area (Å²) in [5.41, 5.74) is 5.16. The fraction of sp³-hybridized carbons (Fsp3) is 0.900. The van der Waals surface area contributed by atoms with Crippen LogP contribution in [0.5, 0.6) is 0 Å². The predicted octanol–water partition coefficient (Wildman–Crippen LogP) is 0.249. The van der Waals surface area contributed by atoms with E-state index >= 15 is 0 Å². The van der Waals surface area contributed by atoms with E-state index < -0.39 is 14.8 Å². The Morgan fingerprint density at radius 3 is 1.79 bits per heavy atom. The molecule has 0 spiro atoms. The van der Waals surface area contributed by atoms with Gasteiger partial charge in [-0.25, -0.2) is 0 Å². The molecule has 1 atom stereocenters. The van der Waals surface area contributed by atoms with E-state index in [-0.39, 0.29) is 28.2 Å². The first kappa shape index (κ1) is 25.1. The van der Waals surface area contributed by atoms with Crippen molar-refractivity contribution >= 4 is 39.8 Å². The summed E-state index contributed by atoms with van der Waals surface area (Å²) in [6, 6.07) is 0.384. The van der Waals surface area contributed by atoms with E-state index in [1.54, 1.807) is 21.3 Å². The van der Waals surface area contributed by atoms with Crippen LogP contribution >= 0.6 is 0 Å². The van der Waals surface area contributed by atoms with E-state index in [1.165, 1.54) is 6.92 Å². The molecule has 0 aliphatic heterocycles. The Kier molecular flexibility index (Phi) is 20.6. The average molecular weight is 510 g/mol. The van der Waals surface area contributed by atoms with Crippen molar-refractivity contribution < 1.29 is 40.5 Å². The van der Waals surface area contributed by atoms with Gasteiger partial charge in [-0.1, -0.05) is 6.42 Å². The van der Waals surface area contributed by atoms with Gasteiger partial charge in [0.15, 0.2) is 0 Å². The van der Waals surface area contributed by atoms with Crippen molar-refractivity contribution in [3.8, 4) is 0 Å². The van der Waals surface area contributed by atoms with Crippen molar-refractivity contribution in [3.63, 3.8) is 0 Å². The van der Waals surface area contributed by atoms with E-state index in [1.807, 2.05) is 0 Å². The van der Waals surface area contributed by atoms with Crippen LogP contribution in [0.4, 0.5) is 0 Å². The molecule has 0 aromatic heterocycles. The number of hydrogen-bond acceptors (Lipinski definition) is 7. The van der Waals surface area contributed by atoms with Gasteiger partial charge in [0, 0.05) is 55.8 Å². The number of ketones is 1. The molecular weight excluding hydrogens is 487 g/mol. The third kappa shape index (κ3) is 12.6. The number of rotatable bonds is 8. The first-order valence-electron chi connectivity index (χ1n) is 5.50. The van der Waals surface area contributed by atoms with Gasteiger partial charge in [0.25, 0.3) is 0 Å². The molecule has 0 aliphatic carbocycles. The third-order valence-electron chi connectivity index (χ3n) is 2.26. The summed E-state index contributed by atoms with van der Waals surface area (Å²) in [4.78, 5) is 10.2. The second kappa shape index (κ2) is 15.6. The first-order valence-corrected chi connectivity index (χ1v) is 8.59. The van der Waals surface area contributed by atoms with E-state index in [9.17, 15) is 4.79 Å². The normalized spacial score (nSPS) is 11.9. The summed E-state index contributed by atoms with van der Waals surface area (Å²) in [5, 5.41) is 0. The maximum Gasteiger partial charge on any atom is 0.500 e. The molecule has 1 radical (unpaired) electrons. The second-order valence-electron chi connectivity index (χ2n) is 3.49. The number of hydrogen-bond donors (Lipinski definition) is 1. The Balaban J connectivity index is -0.000000280. The van der Waals surface area contributed by atoms with Gasteiger partial charge in [-0.05, 0) is 6.92 Å². The molecule has 0 saturated heterocycles. The predicted molar refractivity (Wildman–Crippen MR) is 79.3 cm³/mol. The molecule has 0 aromatic rings. The molecule has 0 amide bonds. The minimum absolute atomic E-state index is 0. The topological polar surface area (TPSA) is 70.8 Å². The summed E-state index contributed by atoms with van der Waals surface area (Å²) in [6.45, 7) is 1.44. The monoisotopic (exact) mass is 510 g/mol. The molecule has 0 saturated carbocycles. The zero-order valence-electron chi connectivity index (χ0n) is 11.7. The van der Waals surface area contributed by atoms with Crippen molar-refractivity contribution in [1.29, 1.82) is 0 Å². The molecule has 121 valence electrons. The minimum atomic E-state index is -2.31. The zero-order chi connectivity index (χ0) is 14.6. The van der Waals surface area contributed by atoms with Gasteiger partial charge in [0.05, 0.1) is 0 Å². The Labute approximate surface area is 144 Å². The van der Waals surface area contributed by atoms with Gasteiger partial charge in [0.1, 0.15) is 5.78 Å². The molecule has 0 rings (SSSR count). The maximum absolute atomic E-state index is 10.2. The van der Waals surface area contributed by atoms with Crippen molar-refractivity contribution in [1.82, 2.24) is 0 Å². The van der Waals surface area contributed by atoms with Gasteiger partial charge >= 0.3 is 8.80 Å². The molecule has 0 bridgehead atoms. The number of carbonyl (C=O) groups is 1. The third-order valence-corrected chi connectivity index (χ3v) is 5.74. The van der Waals surface area contributed by atoms with Crippen LogP contribution in [0.2, 0.25) is 6.04 Å². The average Bonchev–Trinajstić information content (AvgIpc) is 2.40. The van der Waals surface area contributed by atoms with Crippen LogP contribution in [0.25, 0.3) is 0 Å². The van der Waals surface area contributed by atoms with Crippen molar-refractivity contribution in [2.24, 2.45) is 5.73 Å². The molecular formula is C10H23AuNO4S2Si-2. The van der Waals surface area contributed by atoms with Crippen LogP contribution in [0.15, 0.2) is 0 Å². The molecule has 0 aliphatic rings. The van der Waals surface area contributed by atoms with Crippen molar-refractivity contribution in [2.75, 3.05) is 32.8 Å². The molecule has 19 heavy (non-hydrogen) atoms. The summed E-state index contributed by atoms with van der Waals surface area (Å²) in [6.07, 6.45) is 0.914. The standard InChI is InChI=1S/C6H16O3SSi.C4H9NOS.Au/c1-7-11(8-2,9-3)6-4-5-10;1-3(6)4(5)2-7;/h10H,4-6H2,1-3H3;4,7H,2,5H2,1H3;/p-2. The smallest absolute Gasteiger partial charge is 0.500 e. The Bertz CT molecular complexity index is 215. The van der Waals surface area contributed by atoms with Crippen LogP contribution in [0.1, 0.15) is 13.3 Å². The van der Waals surface area contributed by atoms with Crippen LogP contribution in [0, 0.1) is 0 Å². The molecule has 5 nitrogen and oxygen atoms in total. The Hall–Kier alpha value is 1.17. The van der Waals surface area contributed by atoms with Gasteiger partial charge in [-0.2, -0.15) is 11.5 Å². The van der Waals surface area contributed by atoms with Crippen LogP contribution < -0.4 is 5.73 Å². The summed E-state index contributed by atoms with van der Waals surface area (Å²) < 4.78 is 15.6. The maximum atomic E-state index is 10.2. The molecule has 0 heterocycles. The summed E-state index contributed by atoms with van der Waals surface area (Å²) >= 11 is 9.32. The van der Waals surface area contributed by atoms with Crippen LogP contribution in [0.3, 0.4) is 0 Å². The van der Waals surface area contributed by atoms with E-state index in [4.69, 9.17) is 31.6 Å². The summed E-state index contributed by atoms with van der Waals surface area (Å²) in [7, 11) is 2.54. The Morgan fingerprint density at radius 2 is 1.63 bits per heavy atom. The fourth-order valence-electron chi connectivity index (χ4n) is 0.962. The number of Topliss-reactive ketones (excluding diaryl/α,β-unsaturated/α-hetero) is 1. The van der Waals surface area contributed by atoms with E-state index in [2.05, 4.69) is 12.6 Å². The van der Waals surface area contributed by atoms with Crippen LogP contribution in [-0.4, -0.2) is 53.5 Å². The first-order chi connectivity index (χ1) is 8.42. The van der Waals surface area contributed by atoms with Gasteiger partial charge < -0.3 is 44.3 Å². The molecule has 0 aromatic carbocycles. The molecule has 1 unspecified atom stereocenters. The second-order valence-corrected chi connectivity index (χ2v) is 7.32. The van der Waals surface area contributed by atoms with E-state index in [0.29, 0.717) is 5.75 Å². The van der Waals surface area contributed by atoms with Gasteiger partial charge in [-0.15, -0.1) is 0 Å². The van der Waals surface area contributed by atoms with Gasteiger partial charge in [0.2, 0.25) is 0 Å². The zero-order valence-corrected chi connectivity index (χ0v) is 16.5. The van der Waals surface area contributed by atoms with Crippen molar-refractivity contribution in [3.05, 3.63) is 0 Å². The van der Waals surface area contributed by atoms with Crippen molar-refractivity contribution in [2.45, 2.75) is 25.4 Å². The SMILES string of the molecule is CC(=O)C(N)C[S-].CO[Si](CCC[S-])(OC)OC.[Au]. The quantitative estimate of drug-likeness (QED) is 0.371.